The van der Waals surface area contributed by atoms with E-state index in [1.807, 2.05) is 55.8 Å². The Morgan fingerprint density at radius 2 is 1.87 bits per heavy atom. The van der Waals surface area contributed by atoms with Gasteiger partial charge in [0.15, 0.2) is 0 Å². The molecule has 0 saturated heterocycles. The van der Waals surface area contributed by atoms with Gasteiger partial charge in [-0.2, -0.15) is 9.61 Å². The number of benzene rings is 1. The van der Waals surface area contributed by atoms with Crippen LogP contribution in [-0.2, 0) is 18.3 Å². The molecular formula is C24H33N5O2. The minimum Gasteiger partial charge on any atom is -0.355 e. The molecule has 2 aromatic heterocycles. The Labute approximate surface area is 183 Å². The van der Waals surface area contributed by atoms with Crippen molar-refractivity contribution in [2.75, 3.05) is 26.2 Å². The number of aromatic nitrogens is 3. The zero-order valence-electron chi connectivity index (χ0n) is 19.2. The van der Waals surface area contributed by atoms with E-state index in [2.05, 4.69) is 29.2 Å². The van der Waals surface area contributed by atoms with Crippen LogP contribution in [0.5, 0.6) is 0 Å². The van der Waals surface area contributed by atoms with Gasteiger partial charge in [0.05, 0.1) is 5.69 Å². The van der Waals surface area contributed by atoms with Crippen LogP contribution in [0.3, 0.4) is 0 Å². The Hall–Kier alpha value is -2.93. The van der Waals surface area contributed by atoms with Gasteiger partial charge < -0.3 is 14.8 Å². The van der Waals surface area contributed by atoms with Crippen molar-refractivity contribution in [2.24, 2.45) is 7.05 Å². The number of nitrogens with zero attached hydrogens (tertiary/aromatic N) is 4. The highest BCUT2D eigenvalue weighted by Gasteiger charge is 2.17. The maximum atomic E-state index is 13.2. The molecule has 0 aliphatic carbocycles. The first-order chi connectivity index (χ1) is 14.9. The lowest BCUT2D eigenvalue weighted by Crippen LogP contribution is -2.35. The third kappa shape index (κ3) is 4.88. The molecule has 0 saturated carbocycles. The van der Waals surface area contributed by atoms with Crippen LogP contribution in [0.2, 0.25) is 0 Å². The molecule has 1 aromatic carbocycles. The van der Waals surface area contributed by atoms with Gasteiger partial charge in [-0.1, -0.05) is 38.1 Å². The SMILES string of the molecule is CCN(CC)CCNC(=O)CCc1c(C)n(C)c2cc(-c3ccccc3C)nn2c1=O. The number of hydrogen-bond donors (Lipinski definition) is 1. The van der Waals surface area contributed by atoms with E-state index in [0.29, 0.717) is 18.5 Å². The molecule has 0 atom stereocenters. The summed E-state index contributed by atoms with van der Waals surface area (Å²) in [5.74, 6) is -0.0326. The predicted molar refractivity (Wildman–Crippen MR) is 124 cm³/mol. The van der Waals surface area contributed by atoms with Crippen molar-refractivity contribution in [1.82, 2.24) is 24.4 Å². The molecule has 0 bridgehead atoms. The summed E-state index contributed by atoms with van der Waals surface area (Å²) in [6.45, 7) is 11.6. The molecule has 166 valence electrons. The minimum absolute atomic E-state index is 0.0326. The summed E-state index contributed by atoms with van der Waals surface area (Å²) in [4.78, 5) is 27.7. The largest absolute Gasteiger partial charge is 0.355 e. The quantitative estimate of drug-likeness (QED) is 0.574. The van der Waals surface area contributed by atoms with E-state index in [1.54, 1.807) is 0 Å². The topological polar surface area (TPSA) is 71.6 Å². The summed E-state index contributed by atoms with van der Waals surface area (Å²) in [6.07, 6.45) is 0.677. The van der Waals surface area contributed by atoms with Crippen molar-refractivity contribution in [3.8, 4) is 11.3 Å². The average molecular weight is 424 g/mol. The molecule has 7 heteroatoms. The van der Waals surface area contributed by atoms with Crippen LogP contribution in [0.15, 0.2) is 35.1 Å². The molecule has 0 radical (unpaired) electrons. The van der Waals surface area contributed by atoms with E-state index < -0.39 is 0 Å². The first-order valence-corrected chi connectivity index (χ1v) is 11.0. The van der Waals surface area contributed by atoms with E-state index in [4.69, 9.17) is 0 Å². The van der Waals surface area contributed by atoms with Gasteiger partial charge in [0.1, 0.15) is 5.65 Å². The monoisotopic (exact) mass is 423 g/mol. The van der Waals surface area contributed by atoms with Crippen molar-refractivity contribution in [2.45, 2.75) is 40.5 Å². The van der Waals surface area contributed by atoms with Crippen molar-refractivity contribution in [3.05, 3.63) is 57.5 Å². The molecule has 0 aliphatic rings. The van der Waals surface area contributed by atoms with Crippen LogP contribution in [0.1, 0.15) is 37.1 Å². The van der Waals surface area contributed by atoms with E-state index in [9.17, 15) is 9.59 Å². The van der Waals surface area contributed by atoms with Crippen LogP contribution >= 0.6 is 0 Å². The third-order valence-corrected chi connectivity index (χ3v) is 6.09. The molecule has 7 nitrogen and oxygen atoms in total. The zero-order chi connectivity index (χ0) is 22.5. The highest BCUT2D eigenvalue weighted by atomic mass is 16.1. The number of rotatable bonds is 9. The van der Waals surface area contributed by atoms with Crippen LogP contribution < -0.4 is 10.9 Å². The summed E-state index contributed by atoms with van der Waals surface area (Å²) in [5, 5.41) is 7.56. The molecular weight excluding hydrogens is 390 g/mol. The number of fused-ring (bicyclic) bond motifs is 1. The van der Waals surface area contributed by atoms with Crippen LogP contribution in [-0.4, -0.2) is 51.2 Å². The lowest BCUT2D eigenvalue weighted by molar-refractivity contribution is -0.121. The van der Waals surface area contributed by atoms with Gasteiger partial charge in [0.2, 0.25) is 5.91 Å². The summed E-state index contributed by atoms with van der Waals surface area (Å²) < 4.78 is 3.44. The second-order valence-corrected chi connectivity index (χ2v) is 7.92. The van der Waals surface area contributed by atoms with Gasteiger partial charge in [0, 0.05) is 49.4 Å². The molecule has 1 N–H and O–H groups in total. The molecule has 1 amide bonds. The van der Waals surface area contributed by atoms with Crippen molar-refractivity contribution < 1.29 is 4.79 Å². The lowest BCUT2D eigenvalue weighted by Gasteiger charge is -2.18. The number of aryl methyl sites for hydroxylation is 2. The Morgan fingerprint density at radius 1 is 1.16 bits per heavy atom. The fourth-order valence-electron chi connectivity index (χ4n) is 3.92. The number of carbonyl (C=O) groups excluding carboxylic acids is 1. The van der Waals surface area contributed by atoms with E-state index in [-0.39, 0.29) is 17.9 Å². The van der Waals surface area contributed by atoms with Gasteiger partial charge in [-0.05, 0) is 38.9 Å². The standard InChI is InChI=1S/C24H33N5O2/c1-6-28(7-2)15-14-25-22(30)13-12-20-18(4)27(5)23-16-21(26-29(23)24(20)31)19-11-9-8-10-17(19)3/h8-11,16H,6-7,12-15H2,1-5H3,(H,25,30). The number of carbonyl (C=O) groups is 1. The number of amides is 1. The Kier molecular flexibility index (Phi) is 7.28. The zero-order valence-corrected chi connectivity index (χ0v) is 19.2. The molecule has 0 aliphatic heterocycles. The van der Waals surface area contributed by atoms with E-state index in [1.165, 1.54) is 4.52 Å². The molecule has 0 unspecified atom stereocenters. The van der Waals surface area contributed by atoms with E-state index in [0.717, 1.165) is 47.8 Å². The van der Waals surface area contributed by atoms with Crippen molar-refractivity contribution >= 4 is 11.6 Å². The number of hydrogen-bond acceptors (Lipinski definition) is 4. The van der Waals surface area contributed by atoms with Gasteiger partial charge in [0.25, 0.3) is 5.56 Å². The molecule has 31 heavy (non-hydrogen) atoms. The predicted octanol–water partition coefficient (Wildman–Crippen LogP) is 2.71. The third-order valence-electron chi connectivity index (χ3n) is 6.09. The molecule has 3 rings (SSSR count). The van der Waals surface area contributed by atoms with Crippen molar-refractivity contribution in [1.29, 1.82) is 0 Å². The van der Waals surface area contributed by atoms with Crippen LogP contribution in [0, 0.1) is 13.8 Å². The van der Waals surface area contributed by atoms with Crippen molar-refractivity contribution in [3.63, 3.8) is 0 Å². The Morgan fingerprint density at radius 3 is 2.55 bits per heavy atom. The van der Waals surface area contributed by atoms with E-state index >= 15 is 0 Å². The Balaban J connectivity index is 1.79. The first-order valence-electron chi connectivity index (χ1n) is 11.0. The van der Waals surface area contributed by atoms with Gasteiger partial charge in [-0.15, -0.1) is 0 Å². The van der Waals surface area contributed by atoms with Gasteiger partial charge in [-0.3, -0.25) is 9.59 Å². The van der Waals surface area contributed by atoms with Gasteiger partial charge >= 0.3 is 0 Å². The first kappa shape index (κ1) is 22.7. The molecule has 0 spiro atoms. The maximum Gasteiger partial charge on any atom is 0.277 e. The second kappa shape index (κ2) is 9.92. The second-order valence-electron chi connectivity index (χ2n) is 7.92. The highest BCUT2D eigenvalue weighted by molar-refractivity contribution is 5.76. The normalized spacial score (nSPS) is 11.4. The summed E-state index contributed by atoms with van der Waals surface area (Å²) >= 11 is 0. The Bertz CT molecular complexity index is 1120. The maximum absolute atomic E-state index is 13.2. The average Bonchev–Trinajstić information content (AvgIpc) is 3.21. The lowest BCUT2D eigenvalue weighted by atomic mass is 10.1. The van der Waals surface area contributed by atoms with Crippen LogP contribution in [0.25, 0.3) is 16.9 Å². The van der Waals surface area contributed by atoms with Crippen LogP contribution in [0.4, 0.5) is 0 Å². The number of nitrogens with one attached hydrogen (secondary N) is 1. The summed E-state index contributed by atoms with van der Waals surface area (Å²) in [7, 11) is 1.93. The summed E-state index contributed by atoms with van der Waals surface area (Å²) in [5.41, 5.74) is 4.99. The number of likely N-dealkylation sites (N-methyl/N-ethyl adjacent to an activating group) is 1. The molecule has 0 fully saturated rings. The fraction of sp³-hybridized carbons (Fsp3) is 0.458. The fourth-order valence-corrected chi connectivity index (χ4v) is 3.92. The summed E-state index contributed by atoms with van der Waals surface area (Å²) in [6, 6.07) is 9.95. The van der Waals surface area contributed by atoms with Gasteiger partial charge in [-0.25, -0.2) is 0 Å². The highest BCUT2D eigenvalue weighted by Crippen LogP contribution is 2.23. The minimum atomic E-state index is -0.152. The molecule has 3 aromatic rings. The smallest absolute Gasteiger partial charge is 0.277 e. The molecule has 2 heterocycles.